The first-order valence-corrected chi connectivity index (χ1v) is 4.67. The Bertz CT molecular complexity index is 222. The summed E-state index contributed by atoms with van der Waals surface area (Å²) in [5.74, 6) is 1.35. The van der Waals surface area contributed by atoms with Crippen LogP contribution in [-0.4, -0.2) is 32.2 Å². The van der Waals surface area contributed by atoms with E-state index < -0.39 is 0 Å². The van der Waals surface area contributed by atoms with Crippen molar-refractivity contribution in [3.05, 3.63) is 0 Å². The maximum atomic E-state index is 5.49. The van der Waals surface area contributed by atoms with Crippen molar-refractivity contribution >= 4 is 17.7 Å². The monoisotopic (exact) mass is 173 g/mol. The highest BCUT2D eigenvalue weighted by molar-refractivity contribution is 7.98. The average molecular weight is 173 g/mol. The maximum Gasteiger partial charge on any atom is 0.240 e. The Morgan fingerprint density at radius 2 is 2.45 bits per heavy atom. The number of hydrogen-bond donors (Lipinski definition) is 1. The predicted molar refractivity (Wildman–Crippen MR) is 45.3 cm³/mol. The SMILES string of the molecule is CSCC(C)n1nnnc1N. The lowest BCUT2D eigenvalue weighted by Crippen LogP contribution is -2.12. The molecule has 0 aliphatic carbocycles. The molecular formula is C5H11N5S. The normalized spacial score (nSPS) is 13.3. The van der Waals surface area contributed by atoms with Gasteiger partial charge in [-0.05, 0) is 23.6 Å². The summed E-state index contributed by atoms with van der Waals surface area (Å²) in [6, 6.07) is 0.264. The molecule has 0 amide bonds. The first kappa shape index (κ1) is 8.32. The number of anilines is 1. The molecule has 11 heavy (non-hydrogen) atoms. The number of aromatic nitrogens is 4. The van der Waals surface area contributed by atoms with Crippen molar-refractivity contribution in [3.8, 4) is 0 Å². The third-order valence-electron chi connectivity index (χ3n) is 1.34. The van der Waals surface area contributed by atoms with Gasteiger partial charge in [0.05, 0.1) is 6.04 Å². The first-order chi connectivity index (χ1) is 5.25. The van der Waals surface area contributed by atoms with Crippen LogP contribution in [0, 0.1) is 0 Å². The predicted octanol–water partition coefficient (Wildman–Crippen LogP) is 0.179. The summed E-state index contributed by atoms with van der Waals surface area (Å²) in [4.78, 5) is 0. The molecule has 6 heteroatoms. The average Bonchev–Trinajstić information content (AvgIpc) is 2.36. The van der Waals surface area contributed by atoms with Crippen LogP contribution >= 0.6 is 11.8 Å². The standard InChI is InChI=1S/C5H11N5S/c1-4(3-11-2)10-5(6)7-8-9-10/h4H,3H2,1-2H3,(H2,6,7,9). The zero-order valence-electron chi connectivity index (χ0n) is 6.56. The number of rotatable bonds is 3. The summed E-state index contributed by atoms with van der Waals surface area (Å²) in [6.45, 7) is 2.03. The van der Waals surface area contributed by atoms with E-state index in [4.69, 9.17) is 5.73 Å². The summed E-state index contributed by atoms with van der Waals surface area (Å²) >= 11 is 1.74. The van der Waals surface area contributed by atoms with E-state index in [1.165, 1.54) is 0 Å². The van der Waals surface area contributed by atoms with Crippen molar-refractivity contribution in [3.63, 3.8) is 0 Å². The van der Waals surface area contributed by atoms with E-state index in [1.807, 2.05) is 13.2 Å². The van der Waals surface area contributed by atoms with Gasteiger partial charge in [0.15, 0.2) is 0 Å². The number of hydrogen-bond acceptors (Lipinski definition) is 5. The highest BCUT2D eigenvalue weighted by atomic mass is 32.2. The molecule has 62 valence electrons. The molecule has 1 aromatic rings. The Labute approximate surface area is 69.3 Å². The molecule has 1 unspecified atom stereocenters. The second-order valence-electron chi connectivity index (χ2n) is 2.29. The van der Waals surface area contributed by atoms with E-state index in [0.717, 1.165) is 5.75 Å². The molecule has 1 heterocycles. The van der Waals surface area contributed by atoms with Gasteiger partial charge in [-0.1, -0.05) is 5.10 Å². The summed E-state index contributed by atoms with van der Waals surface area (Å²) in [7, 11) is 0. The number of tetrazole rings is 1. The molecule has 0 fully saturated rings. The van der Waals surface area contributed by atoms with Crippen LogP contribution in [-0.2, 0) is 0 Å². The van der Waals surface area contributed by atoms with E-state index in [0.29, 0.717) is 5.95 Å². The molecule has 0 bridgehead atoms. The van der Waals surface area contributed by atoms with Gasteiger partial charge in [0.1, 0.15) is 0 Å². The number of nitrogens with zero attached hydrogens (tertiary/aromatic N) is 4. The Morgan fingerprint density at radius 1 is 1.73 bits per heavy atom. The van der Waals surface area contributed by atoms with Crippen molar-refractivity contribution < 1.29 is 0 Å². The first-order valence-electron chi connectivity index (χ1n) is 3.28. The molecule has 0 spiro atoms. The van der Waals surface area contributed by atoms with E-state index in [2.05, 4.69) is 15.5 Å². The molecule has 5 nitrogen and oxygen atoms in total. The summed E-state index contributed by atoms with van der Waals surface area (Å²) < 4.78 is 1.62. The minimum Gasteiger partial charge on any atom is -0.367 e. The van der Waals surface area contributed by atoms with Crippen LogP contribution in [0.3, 0.4) is 0 Å². The largest absolute Gasteiger partial charge is 0.367 e. The lowest BCUT2D eigenvalue weighted by molar-refractivity contribution is 0.528. The van der Waals surface area contributed by atoms with Gasteiger partial charge in [0.25, 0.3) is 0 Å². The summed E-state index contributed by atoms with van der Waals surface area (Å²) in [5, 5.41) is 10.8. The molecule has 0 aromatic carbocycles. The number of nitrogens with two attached hydrogens (primary N) is 1. The van der Waals surface area contributed by atoms with Crippen molar-refractivity contribution in [1.29, 1.82) is 0 Å². The van der Waals surface area contributed by atoms with Gasteiger partial charge in [-0.3, -0.25) is 0 Å². The molecule has 2 N–H and O–H groups in total. The molecule has 0 aliphatic rings. The molecule has 0 radical (unpaired) electrons. The highest BCUT2D eigenvalue weighted by Gasteiger charge is 2.08. The van der Waals surface area contributed by atoms with Gasteiger partial charge < -0.3 is 5.73 Å². The van der Waals surface area contributed by atoms with Crippen molar-refractivity contribution in [2.75, 3.05) is 17.7 Å². The van der Waals surface area contributed by atoms with Crippen molar-refractivity contribution in [1.82, 2.24) is 20.2 Å². The van der Waals surface area contributed by atoms with Crippen molar-refractivity contribution in [2.45, 2.75) is 13.0 Å². The van der Waals surface area contributed by atoms with Gasteiger partial charge in [-0.15, -0.1) is 0 Å². The van der Waals surface area contributed by atoms with Crippen LogP contribution in [0.25, 0.3) is 0 Å². The fourth-order valence-corrected chi connectivity index (χ4v) is 1.45. The fourth-order valence-electron chi connectivity index (χ4n) is 0.826. The Kier molecular flexibility index (Phi) is 2.70. The Morgan fingerprint density at radius 3 is 2.91 bits per heavy atom. The molecular weight excluding hydrogens is 162 g/mol. The molecule has 0 aliphatic heterocycles. The molecule has 0 saturated heterocycles. The second-order valence-corrected chi connectivity index (χ2v) is 3.20. The van der Waals surface area contributed by atoms with Gasteiger partial charge >= 0.3 is 0 Å². The molecule has 0 saturated carbocycles. The van der Waals surface area contributed by atoms with Crippen LogP contribution < -0.4 is 5.73 Å². The quantitative estimate of drug-likeness (QED) is 0.706. The lowest BCUT2D eigenvalue weighted by Gasteiger charge is -2.08. The Balaban J connectivity index is 2.67. The van der Waals surface area contributed by atoms with Crippen LogP contribution in [0.4, 0.5) is 5.95 Å². The van der Waals surface area contributed by atoms with Gasteiger partial charge in [-0.2, -0.15) is 11.8 Å². The van der Waals surface area contributed by atoms with E-state index in [9.17, 15) is 0 Å². The summed E-state index contributed by atoms with van der Waals surface area (Å²) in [5.41, 5.74) is 5.49. The van der Waals surface area contributed by atoms with E-state index in [-0.39, 0.29) is 6.04 Å². The number of thioether (sulfide) groups is 1. The third kappa shape index (κ3) is 1.83. The fraction of sp³-hybridized carbons (Fsp3) is 0.800. The van der Waals surface area contributed by atoms with Gasteiger partial charge in [0, 0.05) is 5.75 Å². The van der Waals surface area contributed by atoms with Crippen LogP contribution in [0.2, 0.25) is 0 Å². The zero-order valence-corrected chi connectivity index (χ0v) is 7.38. The third-order valence-corrected chi connectivity index (χ3v) is 2.16. The molecule has 1 rings (SSSR count). The molecule has 1 atom stereocenters. The van der Waals surface area contributed by atoms with E-state index in [1.54, 1.807) is 16.4 Å². The van der Waals surface area contributed by atoms with Crippen LogP contribution in [0.5, 0.6) is 0 Å². The maximum absolute atomic E-state index is 5.49. The van der Waals surface area contributed by atoms with Gasteiger partial charge in [0.2, 0.25) is 5.95 Å². The lowest BCUT2D eigenvalue weighted by atomic mass is 10.4. The Hall–Kier alpha value is -0.780. The van der Waals surface area contributed by atoms with E-state index >= 15 is 0 Å². The second kappa shape index (κ2) is 3.56. The molecule has 1 aromatic heterocycles. The van der Waals surface area contributed by atoms with Crippen LogP contribution in [0.15, 0.2) is 0 Å². The topological polar surface area (TPSA) is 69.6 Å². The number of nitrogen functional groups attached to an aromatic ring is 1. The summed E-state index contributed by atoms with van der Waals surface area (Å²) in [6.07, 6.45) is 2.04. The van der Waals surface area contributed by atoms with Crippen LogP contribution in [0.1, 0.15) is 13.0 Å². The smallest absolute Gasteiger partial charge is 0.240 e. The van der Waals surface area contributed by atoms with Gasteiger partial charge in [-0.25, -0.2) is 4.68 Å². The minimum atomic E-state index is 0.264. The highest BCUT2D eigenvalue weighted by Crippen LogP contribution is 2.11. The minimum absolute atomic E-state index is 0.264. The zero-order chi connectivity index (χ0) is 8.27. The van der Waals surface area contributed by atoms with Crippen molar-refractivity contribution in [2.24, 2.45) is 0 Å².